The van der Waals surface area contributed by atoms with Gasteiger partial charge in [-0.05, 0) is 30.5 Å². The lowest BCUT2D eigenvalue weighted by molar-refractivity contribution is -0.118. The minimum atomic E-state index is -0.603. The van der Waals surface area contributed by atoms with Crippen molar-refractivity contribution >= 4 is 23.3 Å². The number of hydrogen-bond acceptors (Lipinski definition) is 5. The molecule has 0 atom stereocenters. The summed E-state index contributed by atoms with van der Waals surface area (Å²) in [6.45, 7) is 0.336. The molecule has 9 heteroatoms. The van der Waals surface area contributed by atoms with Crippen LogP contribution in [0.4, 0.5) is 5.82 Å². The van der Waals surface area contributed by atoms with Gasteiger partial charge in [0.2, 0.25) is 5.91 Å². The molecule has 0 bridgehead atoms. The maximum atomic E-state index is 13.0. The van der Waals surface area contributed by atoms with Crippen LogP contribution in [0.3, 0.4) is 0 Å². The summed E-state index contributed by atoms with van der Waals surface area (Å²) < 4.78 is 2.94. The third-order valence-electron chi connectivity index (χ3n) is 5.27. The zero-order valence-corrected chi connectivity index (χ0v) is 16.7. The van der Waals surface area contributed by atoms with Crippen LogP contribution in [-0.4, -0.2) is 31.8 Å². The Bertz CT molecular complexity index is 1110. The zero-order valence-electron chi connectivity index (χ0n) is 15.9. The van der Waals surface area contributed by atoms with E-state index < -0.39 is 11.5 Å². The molecule has 29 heavy (non-hydrogen) atoms. The summed E-state index contributed by atoms with van der Waals surface area (Å²) in [5.41, 5.74) is 7.30. The minimum Gasteiger partial charge on any atom is -0.368 e. The topological polar surface area (TPSA) is 108 Å². The van der Waals surface area contributed by atoms with Crippen molar-refractivity contribution in [3.8, 4) is 11.3 Å². The summed E-state index contributed by atoms with van der Waals surface area (Å²) in [5.74, 6) is -0.409. The van der Waals surface area contributed by atoms with Crippen molar-refractivity contribution < 1.29 is 4.79 Å². The van der Waals surface area contributed by atoms with Crippen LogP contribution in [0.25, 0.3) is 11.3 Å². The van der Waals surface area contributed by atoms with Crippen LogP contribution in [0.15, 0.2) is 47.7 Å². The molecule has 1 amide bonds. The van der Waals surface area contributed by atoms with Gasteiger partial charge in [0, 0.05) is 35.8 Å². The van der Waals surface area contributed by atoms with Crippen molar-refractivity contribution in [3.63, 3.8) is 0 Å². The Kier molecular flexibility index (Phi) is 4.87. The summed E-state index contributed by atoms with van der Waals surface area (Å²) in [7, 11) is 1.77. The Morgan fingerprint density at radius 1 is 1.28 bits per heavy atom. The van der Waals surface area contributed by atoms with Gasteiger partial charge in [-0.3, -0.25) is 18.8 Å². The Hall–Kier alpha value is -3.13. The van der Waals surface area contributed by atoms with Crippen LogP contribution >= 0.6 is 11.6 Å². The highest BCUT2D eigenvalue weighted by atomic mass is 35.5. The predicted octanol–water partition coefficient (Wildman–Crippen LogP) is 1.93. The number of rotatable bonds is 7. The van der Waals surface area contributed by atoms with Crippen LogP contribution < -0.4 is 16.6 Å². The SMILES string of the molecule is Cn1cc(-c2cnc(NCC3(c4ccc(Cl)cc4)CC3)c(=O)n2CC(N)=O)cn1. The first-order valence-electron chi connectivity index (χ1n) is 9.25. The lowest BCUT2D eigenvalue weighted by atomic mass is 9.96. The van der Waals surface area contributed by atoms with Gasteiger partial charge in [-0.2, -0.15) is 5.10 Å². The number of anilines is 1. The van der Waals surface area contributed by atoms with E-state index in [0.717, 1.165) is 12.8 Å². The van der Waals surface area contributed by atoms with Crippen molar-refractivity contribution in [2.75, 3.05) is 11.9 Å². The fourth-order valence-electron chi connectivity index (χ4n) is 3.48. The number of carbonyl (C=O) groups excluding carboxylic acids is 1. The highest BCUT2D eigenvalue weighted by Gasteiger charge is 2.44. The second kappa shape index (κ2) is 7.36. The van der Waals surface area contributed by atoms with E-state index in [-0.39, 0.29) is 17.8 Å². The molecular weight excluding hydrogens is 392 g/mol. The van der Waals surface area contributed by atoms with Gasteiger partial charge < -0.3 is 11.1 Å². The number of aryl methyl sites for hydroxylation is 1. The molecule has 2 heterocycles. The highest BCUT2D eigenvalue weighted by Crippen LogP contribution is 2.48. The molecule has 1 aliphatic rings. The Balaban J connectivity index is 1.62. The van der Waals surface area contributed by atoms with Gasteiger partial charge in [-0.25, -0.2) is 4.98 Å². The van der Waals surface area contributed by atoms with Crippen LogP contribution in [0.2, 0.25) is 5.02 Å². The van der Waals surface area contributed by atoms with Crippen molar-refractivity contribution in [1.29, 1.82) is 0 Å². The van der Waals surface area contributed by atoms with E-state index >= 15 is 0 Å². The van der Waals surface area contributed by atoms with Gasteiger partial charge in [0.1, 0.15) is 6.54 Å². The van der Waals surface area contributed by atoms with E-state index in [2.05, 4.69) is 15.4 Å². The van der Waals surface area contributed by atoms with Gasteiger partial charge >= 0.3 is 0 Å². The molecule has 0 spiro atoms. The number of primary amides is 1. The fraction of sp³-hybridized carbons (Fsp3) is 0.300. The molecule has 0 aliphatic heterocycles. The molecular formula is C20H21ClN6O2. The summed E-state index contributed by atoms with van der Waals surface area (Å²) >= 11 is 5.99. The molecule has 150 valence electrons. The number of amides is 1. The van der Waals surface area contributed by atoms with E-state index in [1.807, 2.05) is 24.3 Å². The van der Waals surface area contributed by atoms with Gasteiger partial charge in [0.05, 0.1) is 18.1 Å². The summed E-state index contributed by atoms with van der Waals surface area (Å²) in [4.78, 5) is 28.9. The molecule has 8 nitrogen and oxygen atoms in total. The molecule has 0 radical (unpaired) electrons. The number of halogens is 1. The molecule has 1 aliphatic carbocycles. The van der Waals surface area contributed by atoms with Gasteiger partial charge in [0.25, 0.3) is 5.56 Å². The normalized spacial score (nSPS) is 14.6. The molecule has 1 fully saturated rings. The standard InChI is InChI=1S/C20H21ClN6O2/c1-26-10-13(8-25-26)16-9-23-18(19(29)27(16)11-17(22)28)24-12-20(6-7-20)14-2-4-15(21)5-3-14/h2-5,8-10H,6-7,11-12H2,1H3,(H2,22,28)(H,23,24). The maximum absolute atomic E-state index is 13.0. The summed E-state index contributed by atoms with van der Waals surface area (Å²) in [6.07, 6.45) is 6.96. The van der Waals surface area contributed by atoms with E-state index in [1.54, 1.807) is 30.3 Å². The third-order valence-corrected chi connectivity index (χ3v) is 5.53. The number of nitrogens with two attached hydrogens (primary N) is 1. The Morgan fingerprint density at radius 2 is 2.00 bits per heavy atom. The first-order valence-corrected chi connectivity index (χ1v) is 9.63. The van der Waals surface area contributed by atoms with Gasteiger partial charge in [-0.15, -0.1) is 0 Å². The van der Waals surface area contributed by atoms with Crippen molar-refractivity contribution in [2.45, 2.75) is 24.8 Å². The second-order valence-electron chi connectivity index (χ2n) is 7.39. The molecule has 3 N–H and O–H groups in total. The zero-order chi connectivity index (χ0) is 20.6. The number of aromatic nitrogens is 4. The smallest absolute Gasteiger partial charge is 0.294 e. The van der Waals surface area contributed by atoms with Crippen LogP contribution in [0.5, 0.6) is 0 Å². The Labute approximate surface area is 172 Å². The quantitative estimate of drug-likeness (QED) is 0.616. The Morgan fingerprint density at radius 3 is 2.59 bits per heavy atom. The number of carbonyl (C=O) groups is 1. The predicted molar refractivity (Wildman–Crippen MR) is 111 cm³/mol. The van der Waals surface area contributed by atoms with Crippen molar-refractivity contribution in [3.05, 3.63) is 63.8 Å². The molecule has 4 rings (SSSR count). The van der Waals surface area contributed by atoms with Crippen LogP contribution in [0, 0.1) is 0 Å². The van der Waals surface area contributed by atoms with Gasteiger partial charge in [-0.1, -0.05) is 23.7 Å². The number of nitrogens with one attached hydrogen (secondary N) is 1. The van der Waals surface area contributed by atoms with E-state index in [1.165, 1.54) is 10.1 Å². The summed E-state index contributed by atoms with van der Waals surface area (Å²) in [6, 6.07) is 7.78. The molecule has 0 unspecified atom stereocenters. The third kappa shape index (κ3) is 3.88. The average molecular weight is 413 g/mol. The first-order chi connectivity index (χ1) is 13.9. The van der Waals surface area contributed by atoms with E-state index in [0.29, 0.717) is 22.8 Å². The largest absolute Gasteiger partial charge is 0.368 e. The molecule has 2 aromatic heterocycles. The minimum absolute atomic E-state index is 0.0325. The monoisotopic (exact) mass is 412 g/mol. The van der Waals surface area contributed by atoms with Crippen molar-refractivity contribution in [1.82, 2.24) is 19.3 Å². The summed E-state index contributed by atoms with van der Waals surface area (Å²) in [5, 5.41) is 7.98. The average Bonchev–Trinajstić information content (AvgIpc) is 3.35. The lowest BCUT2D eigenvalue weighted by Crippen LogP contribution is -2.33. The fourth-order valence-corrected chi connectivity index (χ4v) is 3.61. The highest BCUT2D eigenvalue weighted by molar-refractivity contribution is 6.30. The lowest BCUT2D eigenvalue weighted by Gasteiger charge is -2.18. The maximum Gasteiger partial charge on any atom is 0.294 e. The van der Waals surface area contributed by atoms with Gasteiger partial charge in [0.15, 0.2) is 5.82 Å². The number of nitrogens with zero attached hydrogens (tertiary/aromatic N) is 4. The molecule has 3 aromatic rings. The van der Waals surface area contributed by atoms with Crippen LogP contribution in [-0.2, 0) is 23.8 Å². The van der Waals surface area contributed by atoms with Crippen LogP contribution in [0.1, 0.15) is 18.4 Å². The van der Waals surface area contributed by atoms with E-state index in [4.69, 9.17) is 17.3 Å². The molecule has 1 aromatic carbocycles. The second-order valence-corrected chi connectivity index (χ2v) is 7.83. The molecule has 0 saturated heterocycles. The van der Waals surface area contributed by atoms with E-state index in [9.17, 15) is 9.59 Å². The molecule has 1 saturated carbocycles. The van der Waals surface area contributed by atoms with Crippen molar-refractivity contribution in [2.24, 2.45) is 12.8 Å². The number of hydrogen-bond donors (Lipinski definition) is 2. The number of benzene rings is 1. The first kappa shape index (κ1) is 19.2.